The van der Waals surface area contributed by atoms with E-state index in [1.165, 1.54) is 7.05 Å². The fourth-order valence-electron chi connectivity index (χ4n) is 3.95. The summed E-state index contributed by atoms with van der Waals surface area (Å²) in [5.74, 6) is 1.11. The predicted octanol–water partition coefficient (Wildman–Crippen LogP) is 2.74. The number of fused-ring (bicyclic) bond motifs is 1. The van der Waals surface area contributed by atoms with Gasteiger partial charge in [0.1, 0.15) is 5.82 Å². The highest BCUT2D eigenvalue weighted by Gasteiger charge is 2.18. The molecular formula is C24H22N8O2. The van der Waals surface area contributed by atoms with E-state index in [1.807, 2.05) is 60.0 Å². The van der Waals surface area contributed by atoms with Crippen LogP contribution in [0.1, 0.15) is 24.7 Å². The Kier molecular flexibility index (Phi) is 5.25. The van der Waals surface area contributed by atoms with Crippen LogP contribution >= 0.6 is 0 Å². The molecule has 0 saturated heterocycles. The van der Waals surface area contributed by atoms with Gasteiger partial charge in [0.15, 0.2) is 11.2 Å². The van der Waals surface area contributed by atoms with Crippen LogP contribution < -0.4 is 11.2 Å². The van der Waals surface area contributed by atoms with Crippen LogP contribution in [0.4, 0.5) is 0 Å². The number of hydrogen-bond acceptors (Lipinski definition) is 6. The van der Waals surface area contributed by atoms with Crippen molar-refractivity contribution in [2.45, 2.75) is 19.9 Å². The maximum atomic E-state index is 12.9. The van der Waals surface area contributed by atoms with Crippen LogP contribution in [-0.4, -0.2) is 39.7 Å². The summed E-state index contributed by atoms with van der Waals surface area (Å²) in [4.78, 5) is 32.2. The van der Waals surface area contributed by atoms with Crippen molar-refractivity contribution in [3.05, 3.63) is 87.3 Å². The molecule has 0 aliphatic rings. The van der Waals surface area contributed by atoms with Gasteiger partial charge in [-0.2, -0.15) is 5.21 Å². The Labute approximate surface area is 193 Å². The molecule has 0 atom stereocenters. The Morgan fingerprint density at radius 1 is 1.06 bits per heavy atom. The van der Waals surface area contributed by atoms with Gasteiger partial charge >= 0.3 is 5.69 Å². The quantitative estimate of drug-likeness (QED) is 0.406. The molecule has 3 aromatic heterocycles. The van der Waals surface area contributed by atoms with Crippen molar-refractivity contribution in [1.29, 1.82) is 0 Å². The van der Waals surface area contributed by atoms with Crippen molar-refractivity contribution < 1.29 is 0 Å². The van der Waals surface area contributed by atoms with E-state index in [9.17, 15) is 9.59 Å². The number of rotatable bonds is 6. The molecule has 0 bridgehead atoms. The smallest absolute Gasteiger partial charge is 0.314 e. The molecule has 0 spiro atoms. The van der Waals surface area contributed by atoms with E-state index in [0.717, 1.165) is 32.4 Å². The first-order valence-corrected chi connectivity index (χ1v) is 10.8. The minimum atomic E-state index is -0.500. The lowest BCUT2D eigenvalue weighted by Gasteiger charge is -2.12. The third-order valence-corrected chi connectivity index (χ3v) is 5.87. The largest absolute Gasteiger partial charge is 0.329 e. The van der Waals surface area contributed by atoms with Crippen molar-refractivity contribution in [2.75, 3.05) is 0 Å². The fourth-order valence-corrected chi connectivity index (χ4v) is 3.95. The van der Waals surface area contributed by atoms with Gasteiger partial charge in [0.05, 0.1) is 0 Å². The van der Waals surface area contributed by atoms with Crippen molar-refractivity contribution in [3.8, 4) is 22.5 Å². The van der Waals surface area contributed by atoms with Gasteiger partial charge in [-0.15, -0.1) is 10.2 Å². The van der Waals surface area contributed by atoms with E-state index in [1.54, 1.807) is 0 Å². The van der Waals surface area contributed by atoms with Gasteiger partial charge in [-0.25, -0.2) is 9.78 Å². The number of hydrogen-bond donors (Lipinski definition) is 2. The minimum Gasteiger partial charge on any atom is -0.314 e. The van der Waals surface area contributed by atoms with Crippen LogP contribution in [0.5, 0.6) is 0 Å². The van der Waals surface area contributed by atoms with E-state index >= 15 is 0 Å². The van der Waals surface area contributed by atoms with Crippen molar-refractivity contribution in [3.63, 3.8) is 0 Å². The Morgan fingerprint density at radius 3 is 2.47 bits per heavy atom. The molecule has 10 heteroatoms. The van der Waals surface area contributed by atoms with E-state index in [2.05, 4.69) is 37.2 Å². The van der Waals surface area contributed by atoms with E-state index < -0.39 is 11.2 Å². The van der Waals surface area contributed by atoms with Crippen LogP contribution in [-0.2, 0) is 13.6 Å². The molecule has 170 valence electrons. The SMILES string of the molecule is C=C(CC)c1nc2[nH]c(=O)n(C)c(=O)c2n1Cc1ccc(-c2ccccc2-c2nn[nH]n2)cc1. The van der Waals surface area contributed by atoms with Crippen molar-refractivity contribution in [1.82, 2.24) is 39.7 Å². The number of tetrazole rings is 1. The second-order valence-electron chi connectivity index (χ2n) is 7.95. The highest BCUT2D eigenvalue weighted by Crippen LogP contribution is 2.30. The van der Waals surface area contributed by atoms with E-state index in [0.29, 0.717) is 30.1 Å². The Bertz CT molecular complexity index is 1620. The summed E-state index contributed by atoms with van der Waals surface area (Å²) >= 11 is 0. The summed E-state index contributed by atoms with van der Waals surface area (Å²) < 4.78 is 2.87. The van der Waals surface area contributed by atoms with Crippen LogP contribution in [0.2, 0.25) is 0 Å². The molecule has 5 rings (SSSR count). The van der Waals surface area contributed by atoms with Crippen LogP contribution in [0, 0.1) is 0 Å². The fraction of sp³-hybridized carbons (Fsp3) is 0.167. The highest BCUT2D eigenvalue weighted by molar-refractivity contribution is 5.80. The monoisotopic (exact) mass is 454 g/mol. The molecule has 0 aliphatic carbocycles. The van der Waals surface area contributed by atoms with E-state index in [4.69, 9.17) is 0 Å². The average Bonchev–Trinajstić information content (AvgIpc) is 3.51. The number of nitrogens with zero attached hydrogens (tertiary/aromatic N) is 6. The number of allylic oxidation sites excluding steroid dienone is 1. The zero-order valence-corrected chi connectivity index (χ0v) is 18.7. The minimum absolute atomic E-state index is 0.267. The van der Waals surface area contributed by atoms with E-state index in [-0.39, 0.29) is 5.65 Å². The number of benzene rings is 2. The molecule has 5 aromatic rings. The summed E-state index contributed by atoms with van der Waals surface area (Å²) in [5, 5.41) is 14.4. The van der Waals surface area contributed by atoms with Gasteiger partial charge < -0.3 is 4.57 Å². The highest BCUT2D eigenvalue weighted by atomic mass is 16.2. The molecule has 0 saturated carbocycles. The molecular weight excluding hydrogens is 432 g/mol. The molecule has 0 aliphatic heterocycles. The Hall–Kier alpha value is -4.60. The summed E-state index contributed by atoms with van der Waals surface area (Å²) in [5.41, 5.74) is 4.32. The zero-order chi connectivity index (χ0) is 23.8. The van der Waals surface area contributed by atoms with Crippen LogP contribution in [0.25, 0.3) is 39.3 Å². The topological polar surface area (TPSA) is 127 Å². The first-order valence-electron chi connectivity index (χ1n) is 10.8. The number of aromatic amines is 2. The Morgan fingerprint density at radius 2 is 1.79 bits per heavy atom. The summed E-state index contributed by atoms with van der Waals surface area (Å²) in [6.45, 7) is 6.48. The van der Waals surface area contributed by atoms with Gasteiger partial charge in [-0.05, 0) is 33.9 Å². The van der Waals surface area contributed by atoms with Gasteiger partial charge in [0.2, 0.25) is 5.82 Å². The summed E-state index contributed by atoms with van der Waals surface area (Å²) in [7, 11) is 1.45. The molecule has 3 heterocycles. The maximum absolute atomic E-state index is 12.9. The summed E-state index contributed by atoms with van der Waals surface area (Å²) in [6, 6.07) is 15.9. The van der Waals surface area contributed by atoms with Gasteiger partial charge in [0.25, 0.3) is 5.56 Å². The predicted molar refractivity (Wildman–Crippen MR) is 129 cm³/mol. The van der Waals surface area contributed by atoms with Crippen LogP contribution in [0.3, 0.4) is 0 Å². The van der Waals surface area contributed by atoms with Crippen molar-refractivity contribution >= 4 is 16.7 Å². The number of imidazole rings is 1. The van der Waals surface area contributed by atoms with Gasteiger partial charge in [0, 0.05) is 19.2 Å². The second kappa shape index (κ2) is 8.39. The average molecular weight is 454 g/mol. The lowest BCUT2D eigenvalue weighted by molar-refractivity contribution is 0.763. The van der Waals surface area contributed by atoms with Crippen LogP contribution in [0.15, 0.2) is 64.7 Å². The molecule has 0 fully saturated rings. The number of nitrogens with one attached hydrogen (secondary N) is 2. The molecule has 0 radical (unpaired) electrons. The third-order valence-electron chi connectivity index (χ3n) is 5.87. The lowest BCUT2D eigenvalue weighted by atomic mass is 9.98. The molecule has 2 aromatic carbocycles. The third kappa shape index (κ3) is 3.54. The first kappa shape index (κ1) is 21.3. The zero-order valence-electron chi connectivity index (χ0n) is 18.7. The normalized spacial score (nSPS) is 11.2. The lowest BCUT2D eigenvalue weighted by Crippen LogP contribution is -2.33. The Balaban J connectivity index is 1.57. The second-order valence-corrected chi connectivity index (χ2v) is 7.95. The molecule has 0 amide bonds. The molecule has 34 heavy (non-hydrogen) atoms. The van der Waals surface area contributed by atoms with Gasteiger partial charge in [-0.1, -0.05) is 62.0 Å². The number of H-pyrrole nitrogens is 2. The molecule has 0 unspecified atom stereocenters. The summed E-state index contributed by atoms with van der Waals surface area (Å²) in [6.07, 6.45) is 0.666. The standard InChI is InChI=1S/C24H22N8O2/c1-4-14(2)22-25-21-19(23(33)31(3)24(34)26-21)32(22)13-15-9-11-16(12-10-15)17-7-5-6-8-18(17)20-27-29-30-28-20/h5-12H,2,4,13H2,1,3H3,(H,26,34)(H,27,28,29,30). The maximum Gasteiger partial charge on any atom is 0.329 e. The van der Waals surface area contributed by atoms with Gasteiger partial charge in [-0.3, -0.25) is 14.3 Å². The molecule has 2 N–H and O–H groups in total. The first-order chi connectivity index (χ1) is 16.5. The van der Waals surface area contributed by atoms with Crippen molar-refractivity contribution in [2.24, 2.45) is 7.05 Å². The number of aromatic nitrogens is 8. The molecule has 10 nitrogen and oxygen atoms in total.